The Morgan fingerprint density at radius 3 is 2.00 bits per heavy atom. The van der Waals surface area contributed by atoms with E-state index in [1.165, 1.54) is 6.92 Å². The first-order chi connectivity index (χ1) is 16.5. The molecule has 0 aromatic heterocycles. The standard InChI is InChI=1S/C22H25N2O10Se/c1-11(25)30-10-16-18(31-12(2)26)19(32-13(3)27)17(21(34-16)33-14(4)28)23-22(35)24-20(29)15-8-6-5-7-9-15/h5-9,16-19,21H,10H2,1-4H3,(H,23,24,29)/t16?,17?,18-,19?,21-/m1/s1. The molecule has 13 heteroatoms. The van der Waals surface area contributed by atoms with Gasteiger partial charge in [0.1, 0.15) is 0 Å². The quantitative estimate of drug-likeness (QED) is 0.160. The number of benzene rings is 1. The maximum absolute atomic E-state index is 12.5. The van der Waals surface area contributed by atoms with Crippen LogP contribution in [0.2, 0.25) is 0 Å². The van der Waals surface area contributed by atoms with Crippen molar-refractivity contribution in [2.45, 2.75) is 58.3 Å². The number of hydrogen-bond acceptors (Lipinski definition) is 11. The summed E-state index contributed by atoms with van der Waals surface area (Å²) < 4.78 is 26.6. The average Bonchev–Trinajstić information content (AvgIpc) is 2.76. The van der Waals surface area contributed by atoms with Crippen molar-refractivity contribution in [2.24, 2.45) is 4.99 Å². The van der Waals surface area contributed by atoms with E-state index in [2.05, 4.69) is 26.3 Å². The Bertz CT molecular complexity index is 984. The van der Waals surface area contributed by atoms with E-state index in [1.54, 1.807) is 30.3 Å². The fraction of sp³-hybridized carbons (Fsp3) is 0.455. The molecule has 2 rings (SSSR count). The third-order valence-electron chi connectivity index (χ3n) is 4.47. The van der Waals surface area contributed by atoms with Gasteiger partial charge in [0, 0.05) is 0 Å². The van der Waals surface area contributed by atoms with E-state index in [1.807, 2.05) is 0 Å². The molecule has 0 spiro atoms. The van der Waals surface area contributed by atoms with Crippen molar-refractivity contribution >= 4 is 50.5 Å². The van der Waals surface area contributed by atoms with Crippen LogP contribution < -0.4 is 5.32 Å². The average molecular weight is 556 g/mol. The van der Waals surface area contributed by atoms with Crippen LogP contribution in [0, 0.1) is 0 Å². The Hall–Kier alpha value is -3.28. The maximum atomic E-state index is 12.5. The molecule has 1 aromatic rings. The molecule has 1 radical (unpaired) electrons. The van der Waals surface area contributed by atoms with Crippen LogP contribution in [0.1, 0.15) is 38.1 Å². The molecule has 12 nitrogen and oxygen atoms in total. The van der Waals surface area contributed by atoms with Crippen molar-refractivity contribution in [1.82, 2.24) is 5.32 Å². The third-order valence-corrected chi connectivity index (χ3v) is 4.91. The molecule has 35 heavy (non-hydrogen) atoms. The van der Waals surface area contributed by atoms with Gasteiger partial charge in [-0.05, 0) is 0 Å². The molecular weight excluding hydrogens is 531 g/mol. The molecule has 1 N–H and O–H groups in total. The minimum absolute atomic E-state index is 0.0400. The fourth-order valence-corrected chi connectivity index (χ4v) is 3.66. The van der Waals surface area contributed by atoms with Crippen LogP contribution in [-0.2, 0) is 42.9 Å². The van der Waals surface area contributed by atoms with E-state index in [4.69, 9.17) is 23.7 Å². The summed E-state index contributed by atoms with van der Waals surface area (Å²) in [6, 6.07) is 7.02. The zero-order valence-corrected chi connectivity index (χ0v) is 21.1. The van der Waals surface area contributed by atoms with Crippen molar-refractivity contribution in [3.63, 3.8) is 0 Å². The summed E-state index contributed by atoms with van der Waals surface area (Å²) in [6.45, 7) is 4.15. The zero-order valence-electron chi connectivity index (χ0n) is 19.4. The number of carbonyl (C=O) groups excluding carboxylic acids is 5. The van der Waals surface area contributed by atoms with Crippen LogP contribution in [0.15, 0.2) is 35.3 Å². The van der Waals surface area contributed by atoms with Crippen molar-refractivity contribution in [3.8, 4) is 0 Å². The second kappa shape index (κ2) is 13.0. The Morgan fingerprint density at radius 1 is 0.886 bits per heavy atom. The Kier molecular flexibility index (Phi) is 10.4. The fourth-order valence-electron chi connectivity index (χ4n) is 3.21. The SMILES string of the molecule is CC(=O)OCC1O[C@@H](OC(C)=O)C(N=C([Se])NC(=O)c2ccccc2)C(OC(C)=O)[C@@H]1OC(C)=O. The molecule has 1 heterocycles. The molecule has 1 fully saturated rings. The summed E-state index contributed by atoms with van der Waals surface area (Å²) in [5, 5.41) is 2.54. The van der Waals surface area contributed by atoms with Gasteiger partial charge in [0.05, 0.1) is 0 Å². The number of carbonyl (C=O) groups is 5. The van der Waals surface area contributed by atoms with Crippen molar-refractivity contribution < 1.29 is 47.7 Å². The summed E-state index contributed by atoms with van der Waals surface area (Å²) in [5.41, 5.74) is 0.350. The van der Waals surface area contributed by atoms with E-state index < -0.39 is 67.0 Å². The number of nitrogens with one attached hydrogen (secondary N) is 1. The summed E-state index contributed by atoms with van der Waals surface area (Å²) in [4.78, 5) is 63.6. The van der Waals surface area contributed by atoms with E-state index in [0.717, 1.165) is 20.8 Å². The number of esters is 4. The Labute approximate surface area is 209 Å². The van der Waals surface area contributed by atoms with Gasteiger partial charge < -0.3 is 0 Å². The van der Waals surface area contributed by atoms with Crippen molar-refractivity contribution in [3.05, 3.63) is 35.9 Å². The first kappa shape index (κ1) is 28.0. The first-order valence-corrected chi connectivity index (χ1v) is 11.2. The summed E-state index contributed by atoms with van der Waals surface area (Å²) >= 11 is 2.58. The van der Waals surface area contributed by atoms with Crippen LogP contribution >= 0.6 is 0 Å². The number of hydrogen-bond donors (Lipinski definition) is 1. The molecule has 189 valence electrons. The van der Waals surface area contributed by atoms with E-state index in [0.29, 0.717) is 5.56 Å². The van der Waals surface area contributed by atoms with Crippen LogP contribution in [0.3, 0.4) is 0 Å². The van der Waals surface area contributed by atoms with Gasteiger partial charge in [0.25, 0.3) is 0 Å². The van der Waals surface area contributed by atoms with Crippen LogP contribution in [0.4, 0.5) is 0 Å². The van der Waals surface area contributed by atoms with E-state index in [9.17, 15) is 24.0 Å². The molecule has 1 aliphatic rings. The molecule has 0 bridgehead atoms. The second-order valence-corrected chi connectivity index (χ2v) is 8.16. The molecule has 0 aliphatic carbocycles. The number of amidine groups is 1. The van der Waals surface area contributed by atoms with Gasteiger partial charge in [-0.2, -0.15) is 0 Å². The number of aliphatic imine (C=N–C) groups is 1. The zero-order chi connectivity index (χ0) is 26.1. The van der Waals surface area contributed by atoms with E-state index >= 15 is 0 Å². The van der Waals surface area contributed by atoms with Gasteiger partial charge in [-0.3, -0.25) is 0 Å². The van der Waals surface area contributed by atoms with Gasteiger partial charge in [-0.25, -0.2) is 0 Å². The number of amides is 1. The Morgan fingerprint density at radius 2 is 1.46 bits per heavy atom. The number of nitrogens with zero attached hydrogens (tertiary/aromatic N) is 1. The predicted molar refractivity (Wildman–Crippen MR) is 119 cm³/mol. The molecule has 1 saturated heterocycles. The third kappa shape index (κ3) is 8.78. The molecule has 5 atom stereocenters. The number of rotatable bonds is 7. The Balaban J connectivity index is 2.44. The second-order valence-electron chi connectivity index (χ2n) is 7.35. The molecule has 1 aromatic carbocycles. The molecule has 1 aliphatic heterocycles. The monoisotopic (exact) mass is 557 g/mol. The summed E-state index contributed by atoms with van der Waals surface area (Å²) in [5.74, 6) is -3.37. The minimum atomic E-state index is -1.44. The van der Waals surface area contributed by atoms with Gasteiger partial charge >= 0.3 is 209 Å². The molecule has 3 unspecified atom stereocenters. The van der Waals surface area contributed by atoms with Crippen molar-refractivity contribution in [1.29, 1.82) is 0 Å². The number of ether oxygens (including phenoxy) is 5. The van der Waals surface area contributed by atoms with Gasteiger partial charge in [0.2, 0.25) is 0 Å². The van der Waals surface area contributed by atoms with Gasteiger partial charge in [0.15, 0.2) is 0 Å². The topological polar surface area (TPSA) is 156 Å². The van der Waals surface area contributed by atoms with E-state index in [-0.39, 0.29) is 4.73 Å². The van der Waals surface area contributed by atoms with Gasteiger partial charge in [-0.1, -0.05) is 0 Å². The van der Waals surface area contributed by atoms with Crippen LogP contribution in [-0.4, -0.2) is 87.8 Å². The van der Waals surface area contributed by atoms with Gasteiger partial charge in [-0.15, -0.1) is 0 Å². The normalized spacial score (nSPS) is 24.0. The first-order valence-electron chi connectivity index (χ1n) is 10.4. The van der Waals surface area contributed by atoms with Crippen LogP contribution in [0.5, 0.6) is 0 Å². The van der Waals surface area contributed by atoms with Crippen LogP contribution in [0.25, 0.3) is 0 Å². The van der Waals surface area contributed by atoms with Crippen molar-refractivity contribution in [2.75, 3.05) is 6.61 Å². The molecular formula is C22H25N2O10Se. The summed E-state index contributed by atoms with van der Waals surface area (Å²) in [6.07, 6.45) is -5.21. The molecule has 1 amide bonds. The predicted octanol–water partition coefficient (Wildman–Crippen LogP) is 0.0240. The molecule has 0 saturated carbocycles. The summed E-state index contributed by atoms with van der Waals surface area (Å²) in [7, 11) is 0.